The van der Waals surface area contributed by atoms with Gasteiger partial charge in [0.1, 0.15) is 0 Å². The number of hydrogen-bond acceptors (Lipinski definition) is 2. The standard InChI is InChI=1S/C86H57BN2/c1-7-28-58(29-8-1)64-53-55-78-77(56-64)87-76-54-52-65(82-72-42-21-23-44-74(72)83(75-45-24-22-43-73(75)82)71-41-20-19-40-66(71)59-30-9-2-10-31-59)57-81(76)89(86-69(62-36-15-5-16-37-62)48-26-49-70(86)63-38-17-6-18-39-63)80-51-27-50-79(84(80)87)88(78)85-67(60-32-11-3-12-33-60)46-25-47-68(85)61-34-13-4-14-35-61/h1-57H. The molecule has 15 aromatic carbocycles. The maximum atomic E-state index is 2.65. The lowest BCUT2D eigenvalue weighted by molar-refractivity contribution is 1.25. The Labute approximate surface area is 520 Å². The number of fused-ring (bicyclic) bond motifs is 6. The number of rotatable bonds is 10. The van der Waals surface area contributed by atoms with E-state index in [0.717, 1.165) is 84.2 Å². The van der Waals surface area contributed by atoms with Crippen LogP contribution in [0.3, 0.4) is 0 Å². The Balaban J connectivity index is 0.993. The van der Waals surface area contributed by atoms with Gasteiger partial charge in [-0.25, -0.2) is 0 Å². The van der Waals surface area contributed by atoms with Crippen LogP contribution in [0.2, 0.25) is 0 Å². The number of para-hydroxylation sites is 2. The van der Waals surface area contributed by atoms with Gasteiger partial charge in [0, 0.05) is 45.0 Å². The fourth-order valence-corrected chi connectivity index (χ4v) is 14.7. The summed E-state index contributed by atoms with van der Waals surface area (Å²) in [6.07, 6.45) is 0. The molecule has 3 heteroatoms. The summed E-state index contributed by atoms with van der Waals surface area (Å²) in [6.45, 7) is -0.171. The van der Waals surface area contributed by atoms with Gasteiger partial charge in [-0.15, -0.1) is 0 Å². The molecule has 414 valence electrons. The van der Waals surface area contributed by atoms with Crippen molar-refractivity contribution in [2.75, 3.05) is 9.80 Å². The van der Waals surface area contributed by atoms with Crippen LogP contribution < -0.4 is 26.2 Å². The molecule has 2 aliphatic heterocycles. The maximum Gasteiger partial charge on any atom is 0.252 e. The van der Waals surface area contributed by atoms with Gasteiger partial charge < -0.3 is 9.80 Å². The van der Waals surface area contributed by atoms with E-state index in [1.165, 1.54) is 76.9 Å². The average molecular weight is 1130 g/mol. The first-order valence-corrected chi connectivity index (χ1v) is 30.9. The van der Waals surface area contributed by atoms with E-state index < -0.39 is 0 Å². The summed E-state index contributed by atoms with van der Waals surface area (Å²) in [5.41, 5.74) is 29.4. The van der Waals surface area contributed by atoms with E-state index in [2.05, 4.69) is 356 Å². The predicted octanol–water partition coefficient (Wildman–Crippen LogP) is 21.4. The van der Waals surface area contributed by atoms with Crippen molar-refractivity contribution >= 4 is 78.8 Å². The highest BCUT2D eigenvalue weighted by atomic mass is 15.2. The Morgan fingerprint density at radius 1 is 0.191 bits per heavy atom. The lowest BCUT2D eigenvalue weighted by Crippen LogP contribution is -2.61. The van der Waals surface area contributed by atoms with Gasteiger partial charge in [-0.3, -0.25) is 0 Å². The zero-order chi connectivity index (χ0) is 58.8. The molecule has 2 heterocycles. The first kappa shape index (κ1) is 51.9. The Hall–Kier alpha value is -11.5. The molecular weight excluding hydrogens is 1070 g/mol. The van der Waals surface area contributed by atoms with Crippen molar-refractivity contribution in [1.29, 1.82) is 0 Å². The molecule has 2 aliphatic rings. The molecule has 0 N–H and O–H groups in total. The minimum Gasteiger partial charge on any atom is -0.310 e. The first-order chi connectivity index (χ1) is 44.2. The molecule has 0 amide bonds. The fraction of sp³-hybridized carbons (Fsp3) is 0. The van der Waals surface area contributed by atoms with Gasteiger partial charge in [-0.05, 0) is 129 Å². The quantitative estimate of drug-likeness (QED) is 0.0995. The zero-order valence-corrected chi connectivity index (χ0v) is 48.9. The molecule has 0 radical (unpaired) electrons. The van der Waals surface area contributed by atoms with Crippen molar-refractivity contribution in [3.63, 3.8) is 0 Å². The molecule has 2 nitrogen and oxygen atoms in total. The van der Waals surface area contributed by atoms with Crippen molar-refractivity contribution < 1.29 is 0 Å². The Kier molecular flexibility index (Phi) is 12.7. The zero-order valence-electron chi connectivity index (χ0n) is 48.9. The van der Waals surface area contributed by atoms with E-state index in [0.29, 0.717) is 0 Å². The SMILES string of the molecule is c1ccc(-c2ccc3c(c2)B2c4ccc(-c5c6ccccc6c(-c6ccccc6-c6ccccc6)c6ccccc56)cc4N(c4c(-c5ccccc5)cccc4-c4ccccc4)c4cccc(c42)N3c2c(-c3ccccc3)cccc2-c2ccccc2)cc1. The number of benzene rings is 15. The summed E-state index contributed by atoms with van der Waals surface area (Å²) in [6, 6.07) is 128. The number of nitrogens with zero attached hydrogens (tertiary/aromatic N) is 2. The normalized spacial score (nSPS) is 12.2. The van der Waals surface area contributed by atoms with Gasteiger partial charge in [0.2, 0.25) is 0 Å². The molecule has 0 spiro atoms. The molecule has 17 rings (SSSR count). The van der Waals surface area contributed by atoms with E-state index in [1.807, 2.05) is 0 Å². The van der Waals surface area contributed by atoms with Crippen molar-refractivity contribution in [1.82, 2.24) is 0 Å². The van der Waals surface area contributed by atoms with E-state index >= 15 is 0 Å². The minimum atomic E-state index is -0.171. The highest BCUT2D eigenvalue weighted by Crippen LogP contribution is 2.54. The summed E-state index contributed by atoms with van der Waals surface area (Å²) in [5.74, 6) is 0. The maximum absolute atomic E-state index is 2.65. The summed E-state index contributed by atoms with van der Waals surface area (Å²) in [4.78, 5) is 5.26. The van der Waals surface area contributed by atoms with E-state index in [4.69, 9.17) is 0 Å². The van der Waals surface area contributed by atoms with Crippen LogP contribution in [0.4, 0.5) is 34.1 Å². The molecule has 0 atom stereocenters. The largest absolute Gasteiger partial charge is 0.310 e. The van der Waals surface area contributed by atoms with Crippen LogP contribution in [-0.2, 0) is 0 Å². The van der Waals surface area contributed by atoms with Crippen molar-refractivity contribution in [3.05, 3.63) is 346 Å². The van der Waals surface area contributed by atoms with Crippen molar-refractivity contribution in [3.8, 4) is 89.0 Å². The van der Waals surface area contributed by atoms with Crippen LogP contribution in [-0.4, -0.2) is 6.71 Å². The number of anilines is 6. The van der Waals surface area contributed by atoms with E-state index in [1.54, 1.807) is 0 Å². The second kappa shape index (κ2) is 21.8. The average Bonchev–Trinajstić information content (AvgIpc) is 1.10. The topological polar surface area (TPSA) is 6.48 Å². The van der Waals surface area contributed by atoms with Crippen LogP contribution >= 0.6 is 0 Å². The summed E-state index contributed by atoms with van der Waals surface area (Å²) in [5, 5.41) is 4.85. The molecular formula is C86H57BN2. The molecule has 0 fully saturated rings. The van der Waals surface area contributed by atoms with Crippen LogP contribution in [0.5, 0.6) is 0 Å². The smallest absolute Gasteiger partial charge is 0.252 e. The molecule has 0 bridgehead atoms. The van der Waals surface area contributed by atoms with Gasteiger partial charge in [-0.2, -0.15) is 0 Å². The fourth-order valence-electron chi connectivity index (χ4n) is 14.7. The van der Waals surface area contributed by atoms with Gasteiger partial charge in [-0.1, -0.05) is 322 Å². The highest BCUT2D eigenvalue weighted by molar-refractivity contribution is 7.00. The Morgan fingerprint density at radius 3 is 1.00 bits per heavy atom. The molecule has 0 saturated heterocycles. The van der Waals surface area contributed by atoms with Gasteiger partial charge >= 0.3 is 0 Å². The molecule has 89 heavy (non-hydrogen) atoms. The van der Waals surface area contributed by atoms with Gasteiger partial charge in [0.15, 0.2) is 0 Å². The molecule has 0 saturated carbocycles. The second-order valence-corrected chi connectivity index (χ2v) is 23.3. The molecule has 0 unspecified atom stereocenters. The predicted molar refractivity (Wildman–Crippen MR) is 379 cm³/mol. The van der Waals surface area contributed by atoms with Crippen LogP contribution in [0.1, 0.15) is 0 Å². The van der Waals surface area contributed by atoms with Crippen LogP contribution in [0.15, 0.2) is 346 Å². The third-order valence-corrected chi connectivity index (χ3v) is 18.5. The van der Waals surface area contributed by atoms with Gasteiger partial charge in [0.25, 0.3) is 6.71 Å². The van der Waals surface area contributed by atoms with Crippen molar-refractivity contribution in [2.45, 2.75) is 0 Å². The summed E-state index contributed by atoms with van der Waals surface area (Å²) in [7, 11) is 0. The van der Waals surface area contributed by atoms with Gasteiger partial charge in [0.05, 0.1) is 11.4 Å². The third-order valence-electron chi connectivity index (χ3n) is 18.5. The van der Waals surface area contributed by atoms with E-state index in [-0.39, 0.29) is 6.71 Å². The van der Waals surface area contributed by atoms with Crippen LogP contribution in [0, 0.1) is 0 Å². The van der Waals surface area contributed by atoms with E-state index in [9.17, 15) is 0 Å². The lowest BCUT2D eigenvalue weighted by atomic mass is 9.33. The minimum absolute atomic E-state index is 0.171. The molecule has 15 aromatic rings. The lowest BCUT2D eigenvalue weighted by Gasteiger charge is -2.45. The third kappa shape index (κ3) is 8.65. The molecule has 0 aliphatic carbocycles. The Bertz CT molecular complexity index is 5010. The second-order valence-electron chi connectivity index (χ2n) is 23.3. The van der Waals surface area contributed by atoms with Crippen LogP contribution in [0.25, 0.3) is 111 Å². The highest BCUT2D eigenvalue weighted by Gasteiger charge is 2.45. The molecule has 0 aromatic heterocycles. The Morgan fingerprint density at radius 2 is 0.539 bits per heavy atom. The monoisotopic (exact) mass is 1130 g/mol. The first-order valence-electron chi connectivity index (χ1n) is 30.9. The summed E-state index contributed by atoms with van der Waals surface area (Å²) >= 11 is 0. The number of hydrogen-bond donors (Lipinski definition) is 0. The summed E-state index contributed by atoms with van der Waals surface area (Å²) < 4.78 is 0. The van der Waals surface area contributed by atoms with Crippen molar-refractivity contribution in [2.24, 2.45) is 0 Å².